The summed E-state index contributed by atoms with van der Waals surface area (Å²) in [4.78, 5) is 11.5. The fourth-order valence-corrected chi connectivity index (χ4v) is 1.43. The van der Waals surface area contributed by atoms with Gasteiger partial charge in [0.1, 0.15) is 17.5 Å². The number of aliphatic hydroxyl groups is 2. The summed E-state index contributed by atoms with van der Waals surface area (Å²) in [6, 6.07) is 6.59. The first-order valence-corrected chi connectivity index (χ1v) is 6.05. The molecule has 106 valence electrons. The molecule has 19 heavy (non-hydrogen) atoms. The van der Waals surface area contributed by atoms with Gasteiger partial charge in [0, 0.05) is 0 Å². The average molecular weight is 268 g/mol. The highest BCUT2D eigenvalue weighted by Crippen LogP contribution is 2.19. The minimum Gasteiger partial charge on any atom is -0.482 e. The Kier molecular flexibility index (Phi) is 5.32. The van der Waals surface area contributed by atoms with Crippen LogP contribution in [0.15, 0.2) is 24.3 Å². The molecule has 1 unspecified atom stereocenters. The van der Waals surface area contributed by atoms with Gasteiger partial charge in [-0.15, -0.1) is 0 Å². The van der Waals surface area contributed by atoms with Crippen LogP contribution in [0.25, 0.3) is 0 Å². The normalized spacial score (nSPS) is 12.9. The number of rotatable bonds is 5. The fourth-order valence-electron chi connectivity index (χ4n) is 1.43. The Morgan fingerprint density at radius 1 is 1.37 bits per heavy atom. The molecule has 0 amide bonds. The Hall–Kier alpha value is -1.59. The Bertz CT molecular complexity index is 422. The summed E-state index contributed by atoms with van der Waals surface area (Å²) in [5.41, 5.74) is -0.0146. The zero-order chi connectivity index (χ0) is 14.5. The van der Waals surface area contributed by atoms with Crippen molar-refractivity contribution >= 4 is 5.97 Å². The topological polar surface area (TPSA) is 76.0 Å². The van der Waals surface area contributed by atoms with E-state index in [1.54, 1.807) is 45.0 Å². The van der Waals surface area contributed by atoms with E-state index in [0.717, 1.165) is 0 Å². The molecule has 0 fully saturated rings. The van der Waals surface area contributed by atoms with Gasteiger partial charge in [-0.3, -0.25) is 0 Å². The lowest BCUT2D eigenvalue weighted by Crippen LogP contribution is -2.27. The third-order valence-corrected chi connectivity index (χ3v) is 2.19. The van der Waals surface area contributed by atoms with Crippen LogP contribution in [-0.2, 0) is 9.53 Å². The average Bonchev–Trinajstić information content (AvgIpc) is 2.34. The molecule has 1 rings (SSSR count). The Morgan fingerprint density at radius 2 is 2.05 bits per heavy atom. The highest BCUT2D eigenvalue weighted by atomic mass is 16.6. The lowest BCUT2D eigenvalue weighted by Gasteiger charge is -2.19. The molecule has 0 heterocycles. The summed E-state index contributed by atoms with van der Waals surface area (Å²) < 4.78 is 10.4. The molecule has 0 aliphatic carbocycles. The summed E-state index contributed by atoms with van der Waals surface area (Å²) in [5, 5.41) is 18.3. The van der Waals surface area contributed by atoms with E-state index < -0.39 is 17.7 Å². The zero-order valence-corrected chi connectivity index (χ0v) is 11.4. The van der Waals surface area contributed by atoms with E-state index >= 15 is 0 Å². The maximum Gasteiger partial charge on any atom is 0.344 e. The van der Waals surface area contributed by atoms with E-state index in [1.165, 1.54) is 0 Å². The Labute approximate surface area is 112 Å². The van der Waals surface area contributed by atoms with Gasteiger partial charge >= 0.3 is 5.97 Å². The molecule has 0 aliphatic rings. The molecule has 1 aromatic carbocycles. The quantitative estimate of drug-likeness (QED) is 0.790. The van der Waals surface area contributed by atoms with Crippen LogP contribution >= 0.6 is 0 Å². The van der Waals surface area contributed by atoms with Gasteiger partial charge in [-0.25, -0.2) is 4.79 Å². The van der Waals surface area contributed by atoms with E-state index in [9.17, 15) is 9.90 Å². The summed E-state index contributed by atoms with van der Waals surface area (Å²) >= 11 is 0. The largest absolute Gasteiger partial charge is 0.482 e. The van der Waals surface area contributed by atoms with Crippen LogP contribution in [0.2, 0.25) is 0 Å². The first-order valence-electron chi connectivity index (χ1n) is 6.05. The third-order valence-electron chi connectivity index (χ3n) is 2.19. The van der Waals surface area contributed by atoms with Crippen molar-refractivity contribution in [3.63, 3.8) is 0 Å². The summed E-state index contributed by atoms with van der Waals surface area (Å²) in [7, 11) is 0. The van der Waals surface area contributed by atoms with E-state index in [1.807, 2.05) is 0 Å². The van der Waals surface area contributed by atoms with E-state index in [-0.39, 0.29) is 13.2 Å². The number of carbonyl (C=O) groups is 1. The van der Waals surface area contributed by atoms with Gasteiger partial charge in [-0.05, 0) is 38.5 Å². The minimum absolute atomic E-state index is 0.198. The smallest absolute Gasteiger partial charge is 0.344 e. The van der Waals surface area contributed by atoms with Gasteiger partial charge in [-0.2, -0.15) is 0 Å². The summed E-state index contributed by atoms with van der Waals surface area (Å²) in [6.45, 7) is 4.78. The third kappa shape index (κ3) is 5.72. The van der Waals surface area contributed by atoms with E-state index in [2.05, 4.69) is 0 Å². The predicted octanol–water partition coefficient (Wildman–Crippen LogP) is 1.43. The van der Waals surface area contributed by atoms with Gasteiger partial charge < -0.3 is 19.7 Å². The van der Waals surface area contributed by atoms with Gasteiger partial charge in [0.25, 0.3) is 0 Å². The van der Waals surface area contributed by atoms with Crippen LogP contribution < -0.4 is 4.74 Å². The number of hydrogen-bond donors (Lipinski definition) is 2. The summed E-state index contributed by atoms with van der Waals surface area (Å²) in [5.74, 6) is -0.0172. The number of esters is 1. The second-order valence-electron chi connectivity index (χ2n) is 5.15. The molecule has 0 bridgehead atoms. The Balaban J connectivity index is 2.56. The molecule has 0 radical (unpaired) electrons. The van der Waals surface area contributed by atoms with Gasteiger partial charge in [0.05, 0.1) is 6.61 Å². The first kappa shape index (κ1) is 15.5. The standard InChI is InChI=1S/C14H20O5/c1-14(2,3)19-13(17)9-18-11-6-4-5-10(7-11)12(16)8-15/h4-7,12,15-16H,8-9H2,1-3H3. The lowest BCUT2D eigenvalue weighted by atomic mass is 10.1. The van der Waals surface area contributed by atoms with E-state index in [0.29, 0.717) is 11.3 Å². The second-order valence-corrected chi connectivity index (χ2v) is 5.15. The highest BCUT2D eigenvalue weighted by molar-refractivity contribution is 5.71. The molecule has 0 aliphatic heterocycles. The number of carbonyl (C=O) groups excluding carboxylic acids is 1. The van der Waals surface area contributed by atoms with Crippen LogP contribution in [0.1, 0.15) is 32.4 Å². The number of hydrogen-bond acceptors (Lipinski definition) is 5. The number of benzene rings is 1. The molecule has 1 aromatic rings. The van der Waals surface area contributed by atoms with E-state index in [4.69, 9.17) is 14.6 Å². The van der Waals surface area contributed by atoms with Crippen molar-refractivity contribution in [1.29, 1.82) is 0 Å². The molecule has 1 atom stereocenters. The van der Waals surface area contributed by atoms with Crippen molar-refractivity contribution < 1.29 is 24.5 Å². The predicted molar refractivity (Wildman–Crippen MR) is 69.8 cm³/mol. The van der Waals surface area contributed by atoms with Crippen molar-refractivity contribution in [3.05, 3.63) is 29.8 Å². The molecular weight excluding hydrogens is 248 g/mol. The number of ether oxygens (including phenoxy) is 2. The van der Waals surface area contributed by atoms with Crippen LogP contribution in [0.5, 0.6) is 5.75 Å². The van der Waals surface area contributed by atoms with Gasteiger partial charge in [-0.1, -0.05) is 12.1 Å². The SMILES string of the molecule is CC(C)(C)OC(=O)COc1cccc(C(O)CO)c1. The van der Waals surface area contributed by atoms with Crippen molar-refractivity contribution in [3.8, 4) is 5.75 Å². The molecule has 0 spiro atoms. The maximum atomic E-state index is 11.5. The van der Waals surface area contributed by atoms with Crippen molar-refractivity contribution in [2.75, 3.05) is 13.2 Å². The molecule has 2 N–H and O–H groups in total. The van der Waals surface area contributed by atoms with Crippen molar-refractivity contribution in [1.82, 2.24) is 0 Å². The second kappa shape index (κ2) is 6.54. The molecule has 0 saturated carbocycles. The first-order chi connectivity index (χ1) is 8.81. The molecule has 5 heteroatoms. The fraction of sp³-hybridized carbons (Fsp3) is 0.500. The van der Waals surface area contributed by atoms with Crippen molar-refractivity contribution in [2.45, 2.75) is 32.5 Å². The van der Waals surface area contributed by atoms with Crippen LogP contribution in [0.3, 0.4) is 0 Å². The maximum absolute atomic E-state index is 11.5. The molecule has 0 saturated heterocycles. The zero-order valence-electron chi connectivity index (χ0n) is 11.4. The van der Waals surface area contributed by atoms with Crippen LogP contribution in [0, 0.1) is 0 Å². The monoisotopic (exact) mass is 268 g/mol. The summed E-state index contributed by atoms with van der Waals surface area (Å²) in [6.07, 6.45) is -0.954. The van der Waals surface area contributed by atoms with Gasteiger partial charge in [0.2, 0.25) is 0 Å². The van der Waals surface area contributed by atoms with Crippen molar-refractivity contribution in [2.24, 2.45) is 0 Å². The number of aliphatic hydroxyl groups excluding tert-OH is 2. The van der Waals surface area contributed by atoms with Crippen LogP contribution in [0.4, 0.5) is 0 Å². The highest BCUT2D eigenvalue weighted by Gasteiger charge is 2.16. The molecule has 0 aromatic heterocycles. The molecular formula is C14H20O5. The molecule has 5 nitrogen and oxygen atoms in total. The van der Waals surface area contributed by atoms with Gasteiger partial charge in [0.15, 0.2) is 6.61 Å². The van der Waals surface area contributed by atoms with Crippen LogP contribution in [-0.4, -0.2) is 35.0 Å². The minimum atomic E-state index is -0.954. The lowest BCUT2D eigenvalue weighted by molar-refractivity contribution is -0.157. The Morgan fingerprint density at radius 3 is 2.63 bits per heavy atom.